The maximum atomic E-state index is 11.7. The van der Waals surface area contributed by atoms with Gasteiger partial charge in [-0.05, 0) is 37.1 Å². The Hall–Kier alpha value is -2.03. The third kappa shape index (κ3) is 3.48. The molecule has 0 aromatic heterocycles. The molecule has 1 aromatic rings. The zero-order valence-corrected chi connectivity index (χ0v) is 10.9. The van der Waals surface area contributed by atoms with E-state index in [1.807, 2.05) is 13.8 Å². The van der Waals surface area contributed by atoms with Crippen molar-refractivity contribution in [3.05, 3.63) is 54.1 Å². The van der Waals surface area contributed by atoms with Crippen molar-refractivity contribution in [1.29, 1.82) is 0 Å². The van der Waals surface area contributed by atoms with Gasteiger partial charge in [-0.15, -0.1) is 0 Å². The van der Waals surface area contributed by atoms with Crippen molar-refractivity contribution in [2.24, 2.45) is 0 Å². The van der Waals surface area contributed by atoms with Crippen LogP contribution in [0.25, 0.3) is 0 Å². The molecule has 0 atom stereocenters. The average Bonchev–Trinajstić information content (AvgIpc) is 2.34. The maximum Gasteiger partial charge on any atom is 0.338 e. The van der Waals surface area contributed by atoms with E-state index in [2.05, 4.69) is 13.2 Å². The van der Waals surface area contributed by atoms with Gasteiger partial charge in [-0.3, -0.25) is 0 Å². The van der Waals surface area contributed by atoms with E-state index in [9.17, 15) is 4.79 Å². The molecule has 0 saturated heterocycles. The molecule has 0 fully saturated rings. The molecule has 18 heavy (non-hydrogen) atoms. The van der Waals surface area contributed by atoms with Crippen LogP contribution < -0.4 is 4.74 Å². The van der Waals surface area contributed by atoms with Crippen molar-refractivity contribution in [3.8, 4) is 5.75 Å². The zero-order valence-electron chi connectivity index (χ0n) is 10.9. The molecular weight excluding hydrogens is 228 g/mol. The smallest absolute Gasteiger partial charge is 0.338 e. The molecule has 3 heteroatoms. The Kier molecular flexibility index (Phi) is 5.18. The van der Waals surface area contributed by atoms with Crippen molar-refractivity contribution in [1.82, 2.24) is 0 Å². The maximum absolute atomic E-state index is 11.7. The van der Waals surface area contributed by atoms with Gasteiger partial charge in [0, 0.05) is 0 Å². The van der Waals surface area contributed by atoms with E-state index >= 15 is 0 Å². The second kappa shape index (κ2) is 6.64. The van der Waals surface area contributed by atoms with Crippen LogP contribution in [0.2, 0.25) is 0 Å². The molecule has 0 N–H and O–H groups in total. The summed E-state index contributed by atoms with van der Waals surface area (Å²) < 4.78 is 10.5. The van der Waals surface area contributed by atoms with Crippen LogP contribution in [0.3, 0.4) is 0 Å². The fourth-order valence-electron chi connectivity index (χ4n) is 1.66. The highest BCUT2D eigenvalue weighted by molar-refractivity contribution is 5.90. The molecule has 0 spiro atoms. The standard InChI is InChI=1S/C15H18O3/c1-5-7-17-14-11(3)9-13(10-12(14)4)15(16)18-8-6-2/h5-6,9-10H,1-2,7-8H2,3-4H3. The van der Waals surface area contributed by atoms with E-state index in [1.54, 1.807) is 24.3 Å². The summed E-state index contributed by atoms with van der Waals surface area (Å²) in [5.74, 6) is 0.437. The molecule has 0 saturated carbocycles. The van der Waals surface area contributed by atoms with E-state index in [0.29, 0.717) is 12.2 Å². The fraction of sp³-hybridized carbons (Fsp3) is 0.267. The van der Waals surface area contributed by atoms with Crippen LogP contribution in [0.4, 0.5) is 0 Å². The number of rotatable bonds is 6. The lowest BCUT2D eigenvalue weighted by atomic mass is 10.1. The number of carbonyl (C=O) groups excluding carboxylic acids is 1. The van der Waals surface area contributed by atoms with Crippen molar-refractivity contribution < 1.29 is 14.3 Å². The Labute approximate surface area is 108 Å². The summed E-state index contributed by atoms with van der Waals surface area (Å²) in [6.45, 7) is 11.6. The van der Waals surface area contributed by atoms with Gasteiger partial charge in [0.05, 0.1) is 5.56 Å². The van der Waals surface area contributed by atoms with Gasteiger partial charge in [0.2, 0.25) is 0 Å². The summed E-state index contributed by atoms with van der Waals surface area (Å²) in [6, 6.07) is 3.52. The lowest BCUT2D eigenvalue weighted by molar-refractivity contribution is 0.0549. The van der Waals surface area contributed by atoms with Gasteiger partial charge in [0.1, 0.15) is 19.0 Å². The lowest BCUT2D eigenvalue weighted by Crippen LogP contribution is -2.07. The van der Waals surface area contributed by atoms with Crippen molar-refractivity contribution in [3.63, 3.8) is 0 Å². The van der Waals surface area contributed by atoms with E-state index in [4.69, 9.17) is 9.47 Å². The minimum atomic E-state index is -0.351. The topological polar surface area (TPSA) is 35.5 Å². The highest BCUT2D eigenvalue weighted by atomic mass is 16.5. The highest BCUT2D eigenvalue weighted by Crippen LogP contribution is 2.25. The summed E-state index contributed by atoms with van der Waals surface area (Å²) in [5, 5.41) is 0. The molecule has 1 aromatic carbocycles. The first kappa shape index (κ1) is 14.0. The number of hydrogen-bond acceptors (Lipinski definition) is 3. The van der Waals surface area contributed by atoms with E-state index in [1.165, 1.54) is 0 Å². The predicted molar refractivity (Wildman–Crippen MR) is 72.1 cm³/mol. The fourth-order valence-corrected chi connectivity index (χ4v) is 1.66. The Balaban J connectivity index is 2.94. The van der Waals surface area contributed by atoms with Crippen LogP contribution in [0.15, 0.2) is 37.4 Å². The summed E-state index contributed by atoms with van der Waals surface area (Å²) in [6.07, 6.45) is 3.23. The molecule has 96 valence electrons. The normalized spacial score (nSPS) is 9.67. The third-order valence-electron chi connectivity index (χ3n) is 2.37. The van der Waals surface area contributed by atoms with Crippen LogP contribution in [0.1, 0.15) is 21.5 Å². The lowest BCUT2D eigenvalue weighted by Gasteiger charge is -2.12. The quantitative estimate of drug-likeness (QED) is 0.571. The van der Waals surface area contributed by atoms with Crippen LogP contribution >= 0.6 is 0 Å². The first-order valence-electron chi connectivity index (χ1n) is 5.73. The van der Waals surface area contributed by atoms with Crippen molar-refractivity contribution >= 4 is 5.97 Å². The largest absolute Gasteiger partial charge is 0.489 e. The number of benzene rings is 1. The van der Waals surface area contributed by atoms with Gasteiger partial charge < -0.3 is 9.47 Å². The van der Waals surface area contributed by atoms with Crippen molar-refractivity contribution in [2.45, 2.75) is 13.8 Å². The monoisotopic (exact) mass is 246 g/mol. The molecule has 0 bridgehead atoms. The molecular formula is C15H18O3. The molecule has 0 aliphatic heterocycles. The number of ether oxygens (including phenoxy) is 2. The molecule has 0 radical (unpaired) electrons. The summed E-state index contributed by atoms with van der Waals surface area (Å²) in [5.41, 5.74) is 2.34. The molecule has 0 unspecified atom stereocenters. The Morgan fingerprint density at radius 3 is 2.22 bits per heavy atom. The number of aryl methyl sites for hydroxylation is 2. The third-order valence-corrected chi connectivity index (χ3v) is 2.37. The SMILES string of the molecule is C=CCOC(=O)c1cc(C)c(OCC=C)c(C)c1. The van der Waals surface area contributed by atoms with Gasteiger partial charge >= 0.3 is 5.97 Å². The molecule has 1 rings (SSSR count). The second-order valence-electron chi connectivity index (χ2n) is 3.93. The second-order valence-corrected chi connectivity index (χ2v) is 3.93. The van der Waals surface area contributed by atoms with E-state index in [0.717, 1.165) is 16.9 Å². The first-order valence-corrected chi connectivity index (χ1v) is 5.73. The van der Waals surface area contributed by atoms with Crippen LogP contribution in [0.5, 0.6) is 5.75 Å². The highest BCUT2D eigenvalue weighted by Gasteiger charge is 2.12. The molecule has 0 aliphatic carbocycles. The minimum Gasteiger partial charge on any atom is -0.489 e. The zero-order chi connectivity index (χ0) is 13.5. The Bertz CT molecular complexity index is 438. The van der Waals surface area contributed by atoms with Gasteiger partial charge in [-0.25, -0.2) is 4.79 Å². The molecule has 0 aliphatic rings. The number of carbonyl (C=O) groups is 1. The van der Waals surface area contributed by atoms with Gasteiger partial charge in [-0.2, -0.15) is 0 Å². The van der Waals surface area contributed by atoms with Crippen LogP contribution in [0, 0.1) is 13.8 Å². The predicted octanol–water partition coefficient (Wildman–Crippen LogP) is 3.21. The number of hydrogen-bond donors (Lipinski definition) is 0. The number of esters is 1. The molecule has 3 nitrogen and oxygen atoms in total. The van der Waals surface area contributed by atoms with Gasteiger partial charge in [-0.1, -0.05) is 25.3 Å². The summed E-state index contributed by atoms with van der Waals surface area (Å²) >= 11 is 0. The first-order chi connectivity index (χ1) is 8.60. The minimum absolute atomic E-state index is 0.214. The average molecular weight is 246 g/mol. The van der Waals surface area contributed by atoms with Gasteiger partial charge in [0.25, 0.3) is 0 Å². The van der Waals surface area contributed by atoms with Crippen LogP contribution in [-0.4, -0.2) is 19.2 Å². The van der Waals surface area contributed by atoms with Gasteiger partial charge in [0.15, 0.2) is 0 Å². The van der Waals surface area contributed by atoms with Crippen LogP contribution in [-0.2, 0) is 4.74 Å². The van der Waals surface area contributed by atoms with E-state index in [-0.39, 0.29) is 12.6 Å². The summed E-state index contributed by atoms with van der Waals surface area (Å²) in [7, 11) is 0. The molecule has 0 amide bonds. The van der Waals surface area contributed by atoms with Crippen molar-refractivity contribution in [2.75, 3.05) is 13.2 Å². The summed E-state index contributed by atoms with van der Waals surface area (Å²) in [4.78, 5) is 11.7. The Morgan fingerprint density at radius 2 is 1.72 bits per heavy atom. The molecule has 0 heterocycles. The Morgan fingerprint density at radius 1 is 1.17 bits per heavy atom. The van der Waals surface area contributed by atoms with E-state index < -0.39 is 0 Å².